The monoisotopic (exact) mass is 472 g/mol. The van der Waals surface area contributed by atoms with Crippen LogP contribution in [0.5, 0.6) is 0 Å². The Kier molecular flexibility index (Phi) is 5.20. The average molecular weight is 472 g/mol. The van der Waals surface area contributed by atoms with Crippen LogP contribution >= 0.6 is 22.6 Å². The molecular weight excluding hydrogens is 451 g/mol. The Hall–Kier alpha value is -2.29. The molecule has 6 nitrogen and oxygen atoms in total. The van der Waals surface area contributed by atoms with Gasteiger partial charge < -0.3 is 5.73 Å². The summed E-state index contributed by atoms with van der Waals surface area (Å²) in [5.41, 5.74) is 10.2. The number of nitrogens with zero attached hydrogens (tertiary/aromatic N) is 5. The fourth-order valence-electron chi connectivity index (χ4n) is 3.35. The third kappa shape index (κ3) is 3.60. The Bertz CT molecular complexity index is 1100. The van der Waals surface area contributed by atoms with E-state index in [0.717, 1.165) is 44.2 Å². The van der Waals surface area contributed by atoms with E-state index in [0.29, 0.717) is 12.4 Å². The largest absolute Gasteiger partial charge is 0.383 e. The number of anilines is 1. The molecule has 0 aliphatic carbocycles. The van der Waals surface area contributed by atoms with Crippen LogP contribution in [0.1, 0.15) is 37.4 Å². The second-order valence-electron chi connectivity index (χ2n) is 6.65. The Morgan fingerprint density at radius 1 is 1.15 bits per heavy atom. The highest BCUT2D eigenvalue weighted by Crippen LogP contribution is 2.25. The summed E-state index contributed by atoms with van der Waals surface area (Å²) in [6, 6.07) is 10.5. The number of aromatic nitrogens is 5. The van der Waals surface area contributed by atoms with Crippen molar-refractivity contribution in [1.29, 1.82) is 0 Å². The summed E-state index contributed by atoms with van der Waals surface area (Å²) in [6.45, 7) is 2.84. The van der Waals surface area contributed by atoms with Crippen LogP contribution in [0.15, 0.2) is 36.7 Å². The summed E-state index contributed by atoms with van der Waals surface area (Å²) in [6.07, 6.45) is 6.01. The Morgan fingerprint density at radius 2 is 2.00 bits per heavy atom. The van der Waals surface area contributed by atoms with Crippen molar-refractivity contribution < 1.29 is 0 Å². The van der Waals surface area contributed by atoms with Gasteiger partial charge in [0, 0.05) is 11.1 Å². The molecule has 4 rings (SSSR count). The Morgan fingerprint density at radius 3 is 2.85 bits per heavy atom. The standard InChI is InChI=1S/C20H21IN6/c1-2-3-4-8-16-14(10-13-7-5-6-9-15(13)25-16)11-27-20-17(18(21)26-27)19(22)23-12-24-20/h5-7,9-10,12H,2-4,8,11H2,1H3,(H2,22,23,24). The minimum Gasteiger partial charge on any atom is -0.383 e. The molecule has 0 bridgehead atoms. The van der Waals surface area contributed by atoms with Gasteiger partial charge in [-0.3, -0.25) is 4.98 Å². The summed E-state index contributed by atoms with van der Waals surface area (Å²) < 4.78 is 2.73. The van der Waals surface area contributed by atoms with Crippen molar-refractivity contribution >= 4 is 50.3 Å². The fourth-order valence-corrected chi connectivity index (χ4v) is 4.13. The van der Waals surface area contributed by atoms with Crippen LogP contribution < -0.4 is 5.73 Å². The summed E-state index contributed by atoms with van der Waals surface area (Å²) in [5.74, 6) is 0.468. The van der Waals surface area contributed by atoms with Crippen molar-refractivity contribution in [2.24, 2.45) is 0 Å². The minimum absolute atomic E-state index is 0.468. The number of nitrogens with two attached hydrogens (primary N) is 1. The normalized spacial score (nSPS) is 11.5. The molecule has 0 aliphatic rings. The SMILES string of the molecule is CCCCCc1nc2ccccc2cc1Cn1nc(I)c2c(N)ncnc21. The van der Waals surface area contributed by atoms with Crippen molar-refractivity contribution in [3.63, 3.8) is 0 Å². The predicted molar refractivity (Wildman–Crippen MR) is 117 cm³/mol. The highest BCUT2D eigenvalue weighted by atomic mass is 127. The lowest BCUT2D eigenvalue weighted by atomic mass is 10.0. The second-order valence-corrected chi connectivity index (χ2v) is 7.67. The number of pyridine rings is 1. The summed E-state index contributed by atoms with van der Waals surface area (Å²) in [4.78, 5) is 13.5. The van der Waals surface area contributed by atoms with Crippen LogP contribution in [0.4, 0.5) is 5.82 Å². The maximum atomic E-state index is 6.03. The van der Waals surface area contributed by atoms with Gasteiger partial charge in [-0.1, -0.05) is 38.0 Å². The van der Waals surface area contributed by atoms with Crippen LogP contribution in [0.25, 0.3) is 21.9 Å². The van der Waals surface area contributed by atoms with E-state index >= 15 is 0 Å². The third-order valence-electron chi connectivity index (χ3n) is 4.75. The molecule has 1 aromatic carbocycles. The molecule has 3 aromatic heterocycles. The number of unbranched alkanes of at least 4 members (excludes halogenated alkanes) is 2. The number of rotatable bonds is 6. The number of aryl methyl sites for hydroxylation is 1. The van der Waals surface area contributed by atoms with Gasteiger partial charge in [-0.25, -0.2) is 14.6 Å². The van der Waals surface area contributed by atoms with E-state index in [1.807, 2.05) is 16.8 Å². The maximum Gasteiger partial charge on any atom is 0.164 e. The Balaban J connectivity index is 1.78. The van der Waals surface area contributed by atoms with Gasteiger partial charge in [0.05, 0.1) is 17.4 Å². The molecule has 0 amide bonds. The molecule has 3 heterocycles. The van der Waals surface area contributed by atoms with Crippen LogP contribution in [-0.4, -0.2) is 24.7 Å². The Labute approximate surface area is 171 Å². The van der Waals surface area contributed by atoms with Gasteiger partial charge in [-0.2, -0.15) is 5.10 Å². The van der Waals surface area contributed by atoms with Crippen molar-refractivity contribution in [3.05, 3.63) is 51.6 Å². The third-order valence-corrected chi connectivity index (χ3v) is 5.50. The van der Waals surface area contributed by atoms with E-state index in [9.17, 15) is 0 Å². The fraction of sp³-hybridized carbons (Fsp3) is 0.300. The average Bonchev–Trinajstić information content (AvgIpc) is 2.99. The molecule has 0 aliphatic heterocycles. The smallest absolute Gasteiger partial charge is 0.164 e. The van der Waals surface area contributed by atoms with Gasteiger partial charge >= 0.3 is 0 Å². The molecule has 138 valence electrons. The maximum absolute atomic E-state index is 6.03. The number of para-hydroxylation sites is 1. The predicted octanol–water partition coefficient (Wildman–Crippen LogP) is 4.34. The molecule has 0 atom stereocenters. The van der Waals surface area contributed by atoms with Crippen molar-refractivity contribution in [2.75, 3.05) is 5.73 Å². The van der Waals surface area contributed by atoms with Crippen molar-refractivity contribution in [1.82, 2.24) is 24.7 Å². The van der Waals surface area contributed by atoms with Crippen molar-refractivity contribution in [2.45, 2.75) is 39.2 Å². The van der Waals surface area contributed by atoms with Gasteiger partial charge in [-0.15, -0.1) is 0 Å². The van der Waals surface area contributed by atoms with Gasteiger partial charge in [0.2, 0.25) is 0 Å². The van der Waals surface area contributed by atoms with Crippen LogP contribution in [0.2, 0.25) is 0 Å². The minimum atomic E-state index is 0.468. The molecule has 4 aromatic rings. The summed E-state index contributed by atoms with van der Waals surface area (Å²) in [7, 11) is 0. The van der Waals surface area contributed by atoms with Gasteiger partial charge in [0.15, 0.2) is 5.65 Å². The molecule has 0 unspecified atom stereocenters. The molecule has 2 N–H and O–H groups in total. The van der Waals surface area contributed by atoms with Crippen molar-refractivity contribution in [3.8, 4) is 0 Å². The highest BCUT2D eigenvalue weighted by Gasteiger charge is 2.15. The van der Waals surface area contributed by atoms with Gasteiger partial charge in [-0.05, 0) is 53.1 Å². The number of hydrogen-bond acceptors (Lipinski definition) is 5. The summed E-state index contributed by atoms with van der Waals surface area (Å²) in [5, 5.41) is 6.62. The second kappa shape index (κ2) is 7.75. The number of nitrogen functional groups attached to an aromatic ring is 1. The molecular formula is C20H21IN6. The van der Waals surface area contributed by atoms with E-state index < -0.39 is 0 Å². The molecule has 0 radical (unpaired) electrons. The topological polar surface area (TPSA) is 82.5 Å². The molecule has 0 fully saturated rings. The van der Waals surface area contributed by atoms with E-state index in [2.05, 4.69) is 62.8 Å². The lowest BCUT2D eigenvalue weighted by Gasteiger charge is -2.11. The van der Waals surface area contributed by atoms with E-state index in [-0.39, 0.29) is 0 Å². The van der Waals surface area contributed by atoms with Gasteiger partial charge in [0.1, 0.15) is 15.8 Å². The zero-order valence-corrected chi connectivity index (χ0v) is 17.3. The van der Waals surface area contributed by atoms with E-state index in [1.54, 1.807) is 0 Å². The number of hydrogen-bond donors (Lipinski definition) is 1. The zero-order valence-electron chi connectivity index (χ0n) is 15.2. The van der Waals surface area contributed by atoms with Crippen LogP contribution in [0, 0.1) is 3.70 Å². The van der Waals surface area contributed by atoms with E-state index in [1.165, 1.54) is 24.7 Å². The van der Waals surface area contributed by atoms with Crippen LogP contribution in [0.3, 0.4) is 0 Å². The summed E-state index contributed by atoms with van der Waals surface area (Å²) >= 11 is 2.19. The van der Waals surface area contributed by atoms with E-state index in [4.69, 9.17) is 10.7 Å². The number of fused-ring (bicyclic) bond motifs is 2. The molecule has 0 saturated carbocycles. The van der Waals surface area contributed by atoms with Gasteiger partial charge in [0.25, 0.3) is 0 Å². The van der Waals surface area contributed by atoms with Crippen LogP contribution in [-0.2, 0) is 13.0 Å². The first-order valence-electron chi connectivity index (χ1n) is 9.17. The first-order valence-corrected chi connectivity index (χ1v) is 10.2. The first-order chi connectivity index (χ1) is 13.2. The first kappa shape index (κ1) is 18.1. The molecule has 7 heteroatoms. The quantitative estimate of drug-likeness (QED) is 0.334. The number of benzene rings is 1. The molecule has 0 spiro atoms. The lowest BCUT2D eigenvalue weighted by Crippen LogP contribution is -2.08. The lowest BCUT2D eigenvalue weighted by molar-refractivity contribution is 0.669. The molecule has 0 saturated heterocycles. The zero-order chi connectivity index (χ0) is 18.8. The number of halogens is 1. The highest BCUT2D eigenvalue weighted by molar-refractivity contribution is 14.1. The molecule has 27 heavy (non-hydrogen) atoms.